The quantitative estimate of drug-likeness (QED) is 0.904. The molecule has 0 radical (unpaired) electrons. The summed E-state index contributed by atoms with van der Waals surface area (Å²) in [6.07, 6.45) is 0. The fourth-order valence-electron chi connectivity index (χ4n) is 2.97. The summed E-state index contributed by atoms with van der Waals surface area (Å²) in [6.45, 7) is 7.33. The van der Waals surface area contributed by atoms with Crippen LogP contribution in [0.4, 0.5) is 4.39 Å². The summed E-state index contributed by atoms with van der Waals surface area (Å²) in [5.41, 5.74) is 0.0572. The zero-order valence-electron chi connectivity index (χ0n) is 14.8. The average molecular weight is 335 g/mol. The van der Waals surface area contributed by atoms with Crippen LogP contribution in [0.1, 0.15) is 26.3 Å². The molecule has 0 aliphatic carbocycles. The van der Waals surface area contributed by atoms with E-state index in [1.165, 1.54) is 13.0 Å². The predicted molar refractivity (Wildman–Crippen MR) is 91.1 cm³/mol. The first-order valence-corrected chi connectivity index (χ1v) is 8.21. The van der Waals surface area contributed by atoms with Gasteiger partial charge in [-0.15, -0.1) is 0 Å². The minimum Gasteiger partial charge on any atom is -0.354 e. The number of rotatable bonds is 4. The third kappa shape index (κ3) is 4.12. The standard InChI is InChI=1S/C18H26FN3O2/c1-13(23)22-10-9-21(4)16(11-22)17(24)20-12-18(2,3)14-7-5-6-8-15(14)19/h5-8,16H,9-12H2,1-4H3,(H,20,24). The molecule has 0 aromatic heterocycles. The molecule has 132 valence electrons. The van der Waals surface area contributed by atoms with Gasteiger partial charge >= 0.3 is 0 Å². The first-order valence-electron chi connectivity index (χ1n) is 8.21. The fraction of sp³-hybridized carbons (Fsp3) is 0.556. The molecule has 2 rings (SSSR count). The number of carbonyl (C=O) groups excluding carboxylic acids is 2. The molecule has 5 nitrogen and oxygen atoms in total. The van der Waals surface area contributed by atoms with Crippen LogP contribution in [0, 0.1) is 5.82 Å². The minimum absolute atomic E-state index is 0.0208. The van der Waals surface area contributed by atoms with Crippen molar-refractivity contribution in [1.82, 2.24) is 15.1 Å². The van der Waals surface area contributed by atoms with Gasteiger partial charge in [-0.05, 0) is 18.7 Å². The Morgan fingerprint density at radius 3 is 2.58 bits per heavy atom. The Labute approximate surface area is 142 Å². The molecular formula is C18H26FN3O2. The Morgan fingerprint density at radius 1 is 1.29 bits per heavy atom. The van der Waals surface area contributed by atoms with Crippen LogP contribution in [0.2, 0.25) is 0 Å². The molecule has 0 spiro atoms. The molecule has 24 heavy (non-hydrogen) atoms. The molecule has 0 saturated carbocycles. The van der Waals surface area contributed by atoms with Crippen molar-refractivity contribution in [2.75, 3.05) is 33.2 Å². The highest BCUT2D eigenvalue weighted by molar-refractivity contribution is 5.83. The summed E-state index contributed by atoms with van der Waals surface area (Å²) in [7, 11) is 1.88. The second kappa shape index (κ2) is 7.30. The molecule has 1 saturated heterocycles. The number of nitrogens with one attached hydrogen (secondary N) is 1. The molecule has 2 amide bonds. The van der Waals surface area contributed by atoms with Gasteiger partial charge in [-0.1, -0.05) is 32.0 Å². The Balaban J connectivity index is 2.01. The van der Waals surface area contributed by atoms with Crippen LogP contribution in [0.5, 0.6) is 0 Å². The maximum absolute atomic E-state index is 14.0. The van der Waals surface area contributed by atoms with E-state index in [9.17, 15) is 14.0 Å². The highest BCUT2D eigenvalue weighted by atomic mass is 19.1. The molecule has 1 aromatic carbocycles. The number of halogens is 1. The monoisotopic (exact) mass is 335 g/mol. The molecule has 6 heteroatoms. The molecular weight excluding hydrogens is 309 g/mol. The fourth-order valence-corrected chi connectivity index (χ4v) is 2.97. The van der Waals surface area contributed by atoms with Crippen molar-refractivity contribution in [3.05, 3.63) is 35.6 Å². The molecule has 1 fully saturated rings. The summed E-state index contributed by atoms with van der Waals surface area (Å²) < 4.78 is 14.0. The topological polar surface area (TPSA) is 52.7 Å². The first-order chi connectivity index (χ1) is 11.2. The third-order valence-corrected chi connectivity index (χ3v) is 4.70. The van der Waals surface area contributed by atoms with Gasteiger partial charge in [0.25, 0.3) is 0 Å². The summed E-state index contributed by atoms with van der Waals surface area (Å²) >= 11 is 0. The number of hydrogen-bond acceptors (Lipinski definition) is 3. The van der Waals surface area contributed by atoms with Crippen molar-refractivity contribution in [3.8, 4) is 0 Å². The van der Waals surface area contributed by atoms with Gasteiger partial charge in [0, 0.05) is 38.5 Å². The summed E-state index contributed by atoms with van der Waals surface area (Å²) in [6, 6.07) is 6.24. The van der Waals surface area contributed by atoms with E-state index in [0.29, 0.717) is 31.7 Å². The molecule has 1 aromatic rings. The minimum atomic E-state index is -0.519. The number of benzene rings is 1. The van der Waals surface area contributed by atoms with Crippen LogP contribution >= 0.6 is 0 Å². The number of hydrogen-bond donors (Lipinski definition) is 1. The molecule has 1 heterocycles. The molecule has 1 N–H and O–H groups in total. The summed E-state index contributed by atoms with van der Waals surface area (Å²) in [4.78, 5) is 27.7. The number of nitrogens with zero attached hydrogens (tertiary/aromatic N) is 2. The second-order valence-corrected chi connectivity index (χ2v) is 7.04. The van der Waals surface area contributed by atoms with Crippen LogP contribution in [-0.2, 0) is 15.0 Å². The zero-order chi connectivity index (χ0) is 17.9. The van der Waals surface area contributed by atoms with E-state index < -0.39 is 5.41 Å². The van der Waals surface area contributed by atoms with Crippen LogP contribution in [-0.4, -0.2) is 60.9 Å². The maximum atomic E-state index is 14.0. The van der Waals surface area contributed by atoms with Gasteiger partial charge < -0.3 is 10.2 Å². The Hall–Kier alpha value is -1.95. The molecule has 0 bridgehead atoms. The van der Waals surface area contributed by atoms with Crippen molar-refractivity contribution in [3.63, 3.8) is 0 Å². The lowest BCUT2D eigenvalue weighted by molar-refractivity contribution is -0.135. The number of amides is 2. The van der Waals surface area contributed by atoms with Gasteiger partial charge in [0.1, 0.15) is 11.9 Å². The van der Waals surface area contributed by atoms with Gasteiger partial charge in [0.2, 0.25) is 11.8 Å². The predicted octanol–water partition coefficient (Wildman–Crippen LogP) is 1.38. The average Bonchev–Trinajstić information content (AvgIpc) is 2.53. The summed E-state index contributed by atoms with van der Waals surface area (Å²) in [5.74, 6) is -0.422. The van der Waals surface area contributed by atoms with Gasteiger partial charge in [0.15, 0.2) is 0 Å². The number of carbonyl (C=O) groups is 2. The highest BCUT2D eigenvalue weighted by Crippen LogP contribution is 2.25. The van der Waals surface area contributed by atoms with E-state index in [-0.39, 0.29) is 23.7 Å². The van der Waals surface area contributed by atoms with E-state index in [1.54, 1.807) is 23.1 Å². The van der Waals surface area contributed by atoms with Gasteiger partial charge in [0.05, 0.1) is 0 Å². The molecule has 1 atom stereocenters. The number of likely N-dealkylation sites (N-methyl/N-ethyl adjacent to an activating group) is 1. The van der Waals surface area contributed by atoms with Crippen molar-refractivity contribution in [1.29, 1.82) is 0 Å². The van der Waals surface area contributed by atoms with Gasteiger partial charge in [-0.3, -0.25) is 14.5 Å². The van der Waals surface area contributed by atoms with Crippen molar-refractivity contribution in [2.45, 2.75) is 32.2 Å². The van der Waals surface area contributed by atoms with E-state index in [4.69, 9.17) is 0 Å². The summed E-state index contributed by atoms with van der Waals surface area (Å²) in [5, 5.41) is 2.92. The van der Waals surface area contributed by atoms with Crippen molar-refractivity contribution < 1.29 is 14.0 Å². The van der Waals surface area contributed by atoms with Crippen LogP contribution in [0.25, 0.3) is 0 Å². The number of piperazine rings is 1. The largest absolute Gasteiger partial charge is 0.354 e. The highest BCUT2D eigenvalue weighted by Gasteiger charge is 2.32. The Bertz CT molecular complexity index is 618. The third-order valence-electron chi connectivity index (χ3n) is 4.70. The first kappa shape index (κ1) is 18.4. The van der Waals surface area contributed by atoms with Crippen molar-refractivity contribution in [2.24, 2.45) is 0 Å². The van der Waals surface area contributed by atoms with E-state index in [0.717, 1.165) is 0 Å². The van der Waals surface area contributed by atoms with Crippen LogP contribution < -0.4 is 5.32 Å². The SMILES string of the molecule is CC(=O)N1CCN(C)C(C(=O)NCC(C)(C)c2ccccc2F)C1. The van der Waals surface area contributed by atoms with E-state index in [2.05, 4.69) is 5.32 Å². The van der Waals surface area contributed by atoms with E-state index in [1.807, 2.05) is 25.8 Å². The lowest BCUT2D eigenvalue weighted by Gasteiger charge is -2.38. The van der Waals surface area contributed by atoms with Crippen LogP contribution in [0.15, 0.2) is 24.3 Å². The van der Waals surface area contributed by atoms with Crippen molar-refractivity contribution >= 4 is 11.8 Å². The lowest BCUT2D eigenvalue weighted by Crippen LogP contribution is -2.59. The van der Waals surface area contributed by atoms with Gasteiger partial charge in [-0.25, -0.2) is 4.39 Å². The Kier molecular flexibility index (Phi) is 5.59. The zero-order valence-corrected chi connectivity index (χ0v) is 14.8. The maximum Gasteiger partial charge on any atom is 0.239 e. The molecule has 1 aliphatic heterocycles. The smallest absolute Gasteiger partial charge is 0.239 e. The normalized spacial score (nSPS) is 19.2. The lowest BCUT2D eigenvalue weighted by atomic mass is 9.84. The van der Waals surface area contributed by atoms with Gasteiger partial charge in [-0.2, -0.15) is 0 Å². The van der Waals surface area contributed by atoms with E-state index >= 15 is 0 Å². The Morgan fingerprint density at radius 2 is 1.96 bits per heavy atom. The second-order valence-electron chi connectivity index (χ2n) is 7.04. The molecule has 1 unspecified atom stereocenters. The van der Waals surface area contributed by atoms with Crippen LogP contribution in [0.3, 0.4) is 0 Å². The molecule has 1 aliphatic rings.